The van der Waals surface area contributed by atoms with Gasteiger partial charge in [-0.1, -0.05) is 121 Å². The molecule has 0 fully saturated rings. The molecule has 4 aromatic heterocycles. The molecule has 57 heavy (non-hydrogen) atoms. The van der Waals surface area contributed by atoms with Gasteiger partial charge in [-0.2, -0.15) is 0 Å². The van der Waals surface area contributed by atoms with Crippen LogP contribution in [-0.4, -0.2) is 19.5 Å². The van der Waals surface area contributed by atoms with Crippen molar-refractivity contribution >= 4 is 65.7 Å². The van der Waals surface area contributed by atoms with Crippen molar-refractivity contribution in [1.29, 1.82) is 0 Å². The number of fused-ring (bicyclic) bond motifs is 9. The lowest BCUT2D eigenvalue weighted by Crippen LogP contribution is -2.00. The van der Waals surface area contributed by atoms with Crippen molar-refractivity contribution in [3.05, 3.63) is 182 Å². The van der Waals surface area contributed by atoms with E-state index in [1.807, 2.05) is 66.7 Å². The Bertz CT molecular complexity index is 3530. The standard InChI is InChI=1S/C51H30N4O2/c1-3-13-31(14-4-1)35-19-12-24-46-47(35)41-30-34(26-28-45(41)56-46)55-42-22-9-7-17-36(42)40-29-33(25-27-43(40)55)50-52-49(32-15-5-2-6-16-32)53-51(54-50)39-21-11-20-38-37-18-8-10-23-44(37)57-48(38)39/h1-30H. The first-order valence-corrected chi connectivity index (χ1v) is 19.0. The second kappa shape index (κ2) is 12.3. The van der Waals surface area contributed by atoms with E-state index in [0.717, 1.165) is 99.2 Å². The van der Waals surface area contributed by atoms with Crippen molar-refractivity contribution in [3.8, 4) is 51.0 Å². The molecule has 8 aromatic carbocycles. The van der Waals surface area contributed by atoms with Crippen LogP contribution in [0.3, 0.4) is 0 Å². The molecule has 0 radical (unpaired) electrons. The summed E-state index contributed by atoms with van der Waals surface area (Å²) in [4.78, 5) is 15.3. The molecule has 12 aromatic rings. The van der Waals surface area contributed by atoms with Crippen molar-refractivity contribution in [2.24, 2.45) is 0 Å². The van der Waals surface area contributed by atoms with Gasteiger partial charge in [-0.15, -0.1) is 0 Å². The van der Waals surface area contributed by atoms with Crippen LogP contribution in [0.15, 0.2) is 191 Å². The summed E-state index contributed by atoms with van der Waals surface area (Å²) in [6, 6.07) is 62.7. The van der Waals surface area contributed by atoms with Gasteiger partial charge in [0.05, 0.1) is 16.6 Å². The molecular weight excluding hydrogens is 701 g/mol. The molecule has 0 spiro atoms. The first-order valence-electron chi connectivity index (χ1n) is 19.0. The first kappa shape index (κ1) is 31.5. The summed E-state index contributed by atoms with van der Waals surface area (Å²) in [6.45, 7) is 0. The molecule has 0 saturated carbocycles. The minimum absolute atomic E-state index is 0.557. The highest BCUT2D eigenvalue weighted by molar-refractivity contribution is 6.14. The van der Waals surface area contributed by atoms with Crippen molar-refractivity contribution in [1.82, 2.24) is 19.5 Å². The molecule has 0 aliphatic rings. The lowest BCUT2D eigenvalue weighted by Gasteiger charge is -2.10. The van der Waals surface area contributed by atoms with Crippen LogP contribution in [0, 0.1) is 0 Å². The lowest BCUT2D eigenvalue weighted by molar-refractivity contribution is 0.668. The molecule has 0 aliphatic carbocycles. The van der Waals surface area contributed by atoms with Gasteiger partial charge in [0.25, 0.3) is 0 Å². The summed E-state index contributed by atoms with van der Waals surface area (Å²) in [6.07, 6.45) is 0. The summed E-state index contributed by atoms with van der Waals surface area (Å²) < 4.78 is 15.2. The molecule has 0 unspecified atom stereocenters. The van der Waals surface area contributed by atoms with Crippen LogP contribution in [0.4, 0.5) is 0 Å². The lowest BCUT2D eigenvalue weighted by atomic mass is 9.99. The van der Waals surface area contributed by atoms with E-state index in [-0.39, 0.29) is 0 Å². The van der Waals surface area contributed by atoms with Crippen LogP contribution < -0.4 is 0 Å². The zero-order chi connectivity index (χ0) is 37.5. The van der Waals surface area contributed by atoms with Crippen molar-refractivity contribution < 1.29 is 8.83 Å². The van der Waals surface area contributed by atoms with E-state index in [4.69, 9.17) is 23.8 Å². The molecule has 4 heterocycles. The Morgan fingerprint density at radius 1 is 0.351 bits per heavy atom. The Kier molecular flexibility index (Phi) is 6.83. The Morgan fingerprint density at radius 2 is 0.982 bits per heavy atom. The molecule has 0 aliphatic heterocycles. The molecule has 0 saturated heterocycles. The first-order chi connectivity index (χ1) is 28.2. The summed E-state index contributed by atoms with van der Waals surface area (Å²) in [7, 11) is 0. The van der Waals surface area contributed by atoms with Gasteiger partial charge in [-0.25, -0.2) is 15.0 Å². The minimum Gasteiger partial charge on any atom is -0.456 e. The third kappa shape index (κ3) is 4.94. The predicted molar refractivity (Wildman–Crippen MR) is 230 cm³/mol. The fourth-order valence-corrected chi connectivity index (χ4v) is 8.47. The van der Waals surface area contributed by atoms with Gasteiger partial charge in [0, 0.05) is 49.1 Å². The van der Waals surface area contributed by atoms with Crippen LogP contribution in [0.25, 0.3) is 117 Å². The summed E-state index contributed by atoms with van der Waals surface area (Å²) in [5.41, 5.74) is 11.5. The average molecular weight is 731 g/mol. The Hall–Kier alpha value is -7.83. The maximum absolute atomic E-state index is 6.44. The number of hydrogen-bond acceptors (Lipinski definition) is 5. The van der Waals surface area contributed by atoms with E-state index in [9.17, 15) is 0 Å². The van der Waals surface area contributed by atoms with Gasteiger partial charge in [-0.3, -0.25) is 0 Å². The van der Waals surface area contributed by atoms with E-state index in [1.165, 1.54) is 0 Å². The molecule has 12 rings (SSSR count). The number of nitrogens with zero attached hydrogens (tertiary/aromatic N) is 4. The maximum Gasteiger partial charge on any atom is 0.167 e. The van der Waals surface area contributed by atoms with E-state index < -0.39 is 0 Å². The second-order valence-electron chi connectivity index (χ2n) is 14.4. The van der Waals surface area contributed by atoms with E-state index in [1.54, 1.807) is 0 Å². The van der Waals surface area contributed by atoms with Crippen LogP contribution >= 0.6 is 0 Å². The largest absolute Gasteiger partial charge is 0.456 e. The SMILES string of the molecule is c1ccc(-c2nc(-c3ccc4c(c3)c3ccccc3n4-c3ccc4oc5cccc(-c6ccccc6)c5c4c3)nc(-c3cccc4c3oc3ccccc34)n2)cc1. The molecule has 6 nitrogen and oxygen atoms in total. The number of hydrogen-bond donors (Lipinski definition) is 0. The van der Waals surface area contributed by atoms with Gasteiger partial charge < -0.3 is 13.4 Å². The molecular formula is C51H30N4O2. The number of para-hydroxylation sites is 3. The molecule has 266 valence electrons. The Morgan fingerprint density at radius 3 is 1.84 bits per heavy atom. The monoisotopic (exact) mass is 730 g/mol. The van der Waals surface area contributed by atoms with Gasteiger partial charge in [0.2, 0.25) is 0 Å². The third-order valence-corrected chi connectivity index (χ3v) is 11.1. The van der Waals surface area contributed by atoms with Crippen LogP contribution in [-0.2, 0) is 0 Å². The third-order valence-electron chi connectivity index (χ3n) is 11.1. The quantitative estimate of drug-likeness (QED) is 0.176. The van der Waals surface area contributed by atoms with Crippen LogP contribution in [0.2, 0.25) is 0 Å². The topological polar surface area (TPSA) is 69.9 Å². The van der Waals surface area contributed by atoms with E-state index in [2.05, 4.69) is 120 Å². The van der Waals surface area contributed by atoms with Gasteiger partial charge in [0.1, 0.15) is 22.3 Å². The summed E-state index contributed by atoms with van der Waals surface area (Å²) >= 11 is 0. The van der Waals surface area contributed by atoms with Crippen molar-refractivity contribution in [2.75, 3.05) is 0 Å². The minimum atomic E-state index is 0.557. The van der Waals surface area contributed by atoms with Crippen molar-refractivity contribution in [3.63, 3.8) is 0 Å². The second-order valence-corrected chi connectivity index (χ2v) is 14.4. The van der Waals surface area contributed by atoms with Gasteiger partial charge >= 0.3 is 0 Å². The molecule has 0 N–H and O–H groups in total. The zero-order valence-corrected chi connectivity index (χ0v) is 30.4. The predicted octanol–water partition coefficient (Wildman–Crippen LogP) is 13.4. The smallest absolute Gasteiger partial charge is 0.167 e. The highest BCUT2D eigenvalue weighted by atomic mass is 16.3. The zero-order valence-electron chi connectivity index (χ0n) is 30.4. The maximum atomic E-state index is 6.44. The highest BCUT2D eigenvalue weighted by Gasteiger charge is 2.20. The summed E-state index contributed by atoms with van der Waals surface area (Å²) in [5.74, 6) is 1.74. The van der Waals surface area contributed by atoms with Crippen LogP contribution in [0.5, 0.6) is 0 Å². The summed E-state index contributed by atoms with van der Waals surface area (Å²) in [5, 5.41) is 6.52. The average Bonchev–Trinajstić information content (AvgIpc) is 3.96. The number of rotatable bonds is 5. The number of furan rings is 2. The van der Waals surface area contributed by atoms with E-state index >= 15 is 0 Å². The van der Waals surface area contributed by atoms with Crippen LogP contribution in [0.1, 0.15) is 0 Å². The van der Waals surface area contributed by atoms with Crippen molar-refractivity contribution in [2.45, 2.75) is 0 Å². The normalized spacial score (nSPS) is 11.9. The van der Waals surface area contributed by atoms with Gasteiger partial charge in [-0.05, 0) is 71.8 Å². The number of benzene rings is 8. The fourth-order valence-electron chi connectivity index (χ4n) is 8.47. The van der Waals surface area contributed by atoms with Gasteiger partial charge in [0.15, 0.2) is 17.5 Å². The highest BCUT2D eigenvalue weighted by Crippen LogP contribution is 2.41. The Balaban J connectivity index is 1.06. The molecule has 0 atom stereocenters. The molecule has 6 heteroatoms. The molecule has 0 bridgehead atoms. The number of aromatic nitrogens is 4. The van der Waals surface area contributed by atoms with E-state index in [0.29, 0.717) is 17.5 Å². The Labute approximate surface area is 325 Å². The fraction of sp³-hybridized carbons (Fsp3) is 0. The molecule has 0 amide bonds.